The van der Waals surface area contributed by atoms with Crippen molar-refractivity contribution in [2.24, 2.45) is 0 Å². The Morgan fingerprint density at radius 2 is 1.90 bits per heavy atom. The zero-order chi connectivity index (χ0) is 14.7. The Morgan fingerprint density at radius 1 is 1.10 bits per heavy atom. The summed E-state index contributed by atoms with van der Waals surface area (Å²) in [5, 5.41) is 3.20. The average molecular weight is 279 g/mol. The molecular formula is C16H17N5. The van der Waals surface area contributed by atoms with E-state index in [2.05, 4.69) is 32.2 Å². The lowest BCUT2D eigenvalue weighted by Crippen LogP contribution is -1.98. The molecule has 3 rings (SSSR count). The van der Waals surface area contributed by atoms with Crippen molar-refractivity contribution in [1.29, 1.82) is 0 Å². The van der Waals surface area contributed by atoms with Crippen LogP contribution in [0.1, 0.15) is 18.4 Å². The van der Waals surface area contributed by atoms with Gasteiger partial charge in [0.15, 0.2) is 0 Å². The molecule has 5 heteroatoms. The van der Waals surface area contributed by atoms with E-state index in [1.54, 1.807) is 6.20 Å². The summed E-state index contributed by atoms with van der Waals surface area (Å²) in [6.45, 7) is 4.05. The molecule has 0 bridgehead atoms. The molecule has 21 heavy (non-hydrogen) atoms. The lowest BCUT2D eigenvalue weighted by molar-refractivity contribution is 1.04. The van der Waals surface area contributed by atoms with Crippen molar-refractivity contribution in [3.8, 4) is 11.4 Å². The molecule has 0 aliphatic carbocycles. The normalized spacial score (nSPS) is 10.6. The first kappa shape index (κ1) is 13.3. The van der Waals surface area contributed by atoms with E-state index in [9.17, 15) is 0 Å². The number of hydrogen-bond donors (Lipinski definition) is 2. The van der Waals surface area contributed by atoms with Crippen LogP contribution in [0.2, 0.25) is 0 Å². The molecule has 5 nitrogen and oxygen atoms in total. The van der Waals surface area contributed by atoms with Crippen molar-refractivity contribution in [3.05, 3.63) is 54.1 Å². The lowest BCUT2D eigenvalue weighted by Gasteiger charge is -2.06. The van der Waals surface area contributed by atoms with Crippen LogP contribution in [-0.2, 0) is 6.42 Å². The standard InChI is InChI=1S/C16H17N5/c1-3-13-15(19-11(2)18-13)14-9-10-17-16(21-14)20-12-7-5-4-6-8-12/h4-10H,3H2,1-2H3,(H,18,19)(H,17,20,21). The monoisotopic (exact) mass is 279 g/mol. The number of para-hydroxylation sites is 1. The number of aryl methyl sites for hydroxylation is 2. The van der Waals surface area contributed by atoms with Gasteiger partial charge < -0.3 is 10.3 Å². The van der Waals surface area contributed by atoms with Gasteiger partial charge in [-0.1, -0.05) is 25.1 Å². The number of imidazole rings is 1. The SMILES string of the molecule is CCc1[nH]c(C)nc1-c1ccnc(Nc2ccccc2)n1. The number of aromatic amines is 1. The fraction of sp³-hybridized carbons (Fsp3) is 0.188. The third-order valence-electron chi connectivity index (χ3n) is 3.18. The van der Waals surface area contributed by atoms with Gasteiger partial charge in [0.2, 0.25) is 5.95 Å². The van der Waals surface area contributed by atoms with Crippen LogP contribution in [-0.4, -0.2) is 19.9 Å². The van der Waals surface area contributed by atoms with Crippen LogP contribution in [0.4, 0.5) is 11.6 Å². The molecule has 2 N–H and O–H groups in total. The maximum absolute atomic E-state index is 4.56. The van der Waals surface area contributed by atoms with Gasteiger partial charge >= 0.3 is 0 Å². The van der Waals surface area contributed by atoms with Crippen LogP contribution in [0.15, 0.2) is 42.6 Å². The Labute approximate surface area is 123 Å². The number of hydrogen-bond acceptors (Lipinski definition) is 4. The summed E-state index contributed by atoms with van der Waals surface area (Å²) in [5.41, 5.74) is 3.78. The van der Waals surface area contributed by atoms with Gasteiger partial charge in [0, 0.05) is 17.6 Å². The topological polar surface area (TPSA) is 66.5 Å². The third kappa shape index (κ3) is 2.91. The predicted octanol–water partition coefficient (Wildman–Crippen LogP) is 3.48. The highest BCUT2D eigenvalue weighted by molar-refractivity contribution is 5.61. The molecular weight excluding hydrogens is 262 g/mol. The number of rotatable bonds is 4. The maximum Gasteiger partial charge on any atom is 0.227 e. The zero-order valence-corrected chi connectivity index (χ0v) is 12.1. The molecule has 0 unspecified atom stereocenters. The van der Waals surface area contributed by atoms with Crippen molar-refractivity contribution < 1.29 is 0 Å². The number of anilines is 2. The van der Waals surface area contributed by atoms with E-state index in [-0.39, 0.29) is 0 Å². The van der Waals surface area contributed by atoms with E-state index in [1.807, 2.05) is 43.3 Å². The Morgan fingerprint density at radius 3 is 2.67 bits per heavy atom. The van der Waals surface area contributed by atoms with Crippen molar-refractivity contribution in [1.82, 2.24) is 19.9 Å². The van der Waals surface area contributed by atoms with Crippen molar-refractivity contribution in [2.45, 2.75) is 20.3 Å². The van der Waals surface area contributed by atoms with Gasteiger partial charge in [-0.05, 0) is 31.5 Å². The molecule has 3 aromatic rings. The number of H-pyrrole nitrogens is 1. The number of nitrogens with zero attached hydrogens (tertiary/aromatic N) is 3. The van der Waals surface area contributed by atoms with Crippen LogP contribution in [0, 0.1) is 6.92 Å². The van der Waals surface area contributed by atoms with Gasteiger partial charge in [-0.2, -0.15) is 0 Å². The predicted molar refractivity (Wildman–Crippen MR) is 83.5 cm³/mol. The van der Waals surface area contributed by atoms with E-state index in [1.165, 1.54) is 0 Å². The Bertz CT molecular complexity index is 733. The molecule has 0 saturated heterocycles. The first-order valence-corrected chi connectivity index (χ1v) is 6.97. The first-order valence-electron chi connectivity index (χ1n) is 6.97. The summed E-state index contributed by atoms with van der Waals surface area (Å²) in [7, 11) is 0. The van der Waals surface area contributed by atoms with Crippen LogP contribution >= 0.6 is 0 Å². The highest BCUT2D eigenvalue weighted by Gasteiger charge is 2.11. The quantitative estimate of drug-likeness (QED) is 0.767. The van der Waals surface area contributed by atoms with Gasteiger partial charge in [0.25, 0.3) is 0 Å². The molecule has 106 valence electrons. The molecule has 0 aliphatic rings. The van der Waals surface area contributed by atoms with Gasteiger partial charge in [-0.15, -0.1) is 0 Å². The summed E-state index contributed by atoms with van der Waals surface area (Å²) < 4.78 is 0. The van der Waals surface area contributed by atoms with Gasteiger partial charge in [0.05, 0.1) is 5.69 Å². The molecule has 1 aromatic carbocycles. The Balaban J connectivity index is 1.93. The van der Waals surface area contributed by atoms with Crippen molar-refractivity contribution >= 4 is 11.6 Å². The summed E-state index contributed by atoms with van der Waals surface area (Å²) in [5.74, 6) is 1.47. The van der Waals surface area contributed by atoms with E-state index < -0.39 is 0 Å². The molecule has 0 aliphatic heterocycles. The van der Waals surface area contributed by atoms with Gasteiger partial charge in [0.1, 0.15) is 11.5 Å². The lowest BCUT2D eigenvalue weighted by atomic mass is 10.2. The van der Waals surface area contributed by atoms with Gasteiger partial charge in [-0.3, -0.25) is 0 Å². The van der Waals surface area contributed by atoms with Crippen LogP contribution in [0.25, 0.3) is 11.4 Å². The van der Waals surface area contributed by atoms with E-state index in [0.29, 0.717) is 5.95 Å². The largest absolute Gasteiger partial charge is 0.346 e. The molecule has 0 saturated carbocycles. The van der Waals surface area contributed by atoms with E-state index in [4.69, 9.17) is 0 Å². The molecule has 0 spiro atoms. The molecule has 0 fully saturated rings. The fourth-order valence-electron chi connectivity index (χ4n) is 2.21. The first-order chi connectivity index (χ1) is 10.3. The second kappa shape index (κ2) is 5.75. The van der Waals surface area contributed by atoms with Crippen molar-refractivity contribution in [3.63, 3.8) is 0 Å². The highest BCUT2D eigenvalue weighted by Crippen LogP contribution is 2.21. The molecule has 0 atom stereocenters. The maximum atomic E-state index is 4.56. The van der Waals surface area contributed by atoms with Crippen LogP contribution in [0.3, 0.4) is 0 Å². The third-order valence-corrected chi connectivity index (χ3v) is 3.18. The number of benzene rings is 1. The minimum absolute atomic E-state index is 0.571. The second-order valence-electron chi connectivity index (χ2n) is 4.76. The summed E-state index contributed by atoms with van der Waals surface area (Å²) in [4.78, 5) is 16.6. The summed E-state index contributed by atoms with van der Waals surface area (Å²) >= 11 is 0. The fourth-order valence-corrected chi connectivity index (χ4v) is 2.21. The van der Waals surface area contributed by atoms with Gasteiger partial charge in [-0.25, -0.2) is 15.0 Å². The minimum Gasteiger partial charge on any atom is -0.346 e. The van der Waals surface area contributed by atoms with E-state index in [0.717, 1.165) is 35.0 Å². The zero-order valence-electron chi connectivity index (χ0n) is 12.1. The molecule has 0 radical (unpaired) electrons. The van der Waals surface area contributed by atoms with E-state index >= 15 is 0 Å². The summed E-state index contributed by atoms with van der Waals surface area (Å²) in [6, 6.07) is 11.8. The highest BCUT2D eigenvalue weighted by atomic mass is 15.1. The number of aromatic nitrogens is 4. The second-order valence-corrected chi connectivity index (χ2v) is 4.76. The molecule has 0 amide bonds. The Hall–Kier alpha value is -2.69. The number of nitrogens with one attached hydrogen (secondary N) is 2. The minimum atomic E-state index is 0.571. The smallest absolute Gasteiger partial charge is 0.227 e. The average Bonchev–Trinajstić information content (AvgIpc) is 2.90. The van der Waals surface area contributed by atoms with Crippen LogP contribution in [0.5, 0.6) is 0 Å². The molecule has 2 heterocycles. The van der Waals surface area contributed by atoms with Crippen molar-refractivity contribution in [2.75, 3.05) is 5.32 Å². The summed E-state index contributed by atoms with van der Waals surface area (Å²) in [6.07, 6.45) is 2.64. The molecule has 2 aromatic heterocycles. The van der Waals surface area contributed by atoms with Crippen LogP contribution < -0.4 is 5.32 Å². The Kier molecular flexibility index (Phi) is 3.64.